The molecule has 1 unspecified atom stereocenters. The minimum atomic E-state index is 0.00218. The zero-order valence-corrected chi connectivity index (χ0v) is 12.4. The van der Waals surface area contributed by atoms with Crippen LogP contribution in [0.2, 0.25) is 0 Å². The lowest BCUT2D eigenvalue weighted by Gasteiger charge is -2.30. The molecule has 1 rings (SSSR count). The average molecular weight is 314 g/mol. The number of rotatable bonds is 6. The van der Waals surface area contributed by atoms with Crippen LogP contribution in [-0.2, 0) is 4.79 Å². The summed E-state index contributed by atoms with van der Waals surface area (Å²) in [4.78, 5) is 13.6. The van der Waals surface area contributed by atoms with Crippen molar-refractivity contribution in [2.45, 2.75) is 13.0 Å². The molecule has 5 heteroatoms. The van der Waals surface area contributed by atoms with E-state index < -0.39 is 0 Å². The highest BCUT2D eigenvalue weighted by Gasteiger charge is 2.21. The van der Waals surface area contributed by atoms with E-state index in [0.29, 0.717) is 13.1 Å². The molecule has 0 bridgehead atoms. The summed E-state index contributed by atoms with van der Waals surface area (Å²) in [6, 6.07) is 8.02. The van der Waals surface area contributed by atoms with Crippen LogP contribution < -0.4 is 11.1 Å². The lowest BCUT2D eigenvalue weighted by atomic mass is 10.1. The highest BCUT2D eigenvalue weighted by molar-refractivity contribution is 9.10. The summed E-state index contributed by atoms with van der Waals surface area (Å²) in [6.07, 6.45) is 0. The van der Waals surface area contributed by atoms with E-state index in [1.54, 1.807) is 7.05 Å². The van der Waals surface area contributed by atoms with Gasteiger partial charge in [0.15, 0.2) is 0 Å². The Labute approximate surface area is 117 Å². The number of hydrogen-bond acceptors (Lipinski definition) is 3. The van der Waals surface area contributed by atoms with Crippen molar-refractivity contribution in [3.8, 4) is 0 Å². The molecular weight excluding hydrogens is 294 g/mol. The topological polar surface area (TPSA) is 58.4 Å². The highest BCUT2D eigenvalue weighted by atomic mass is 79.9. The number of nitrogens with one attached hydrogen (secondary N) is 1. The van der Waals surface area contributed by atoms with E-state index in [1.165, 1.54) is 0 Å². The Balaban J connectivity index is 2.93. The van der Waals surface area contributed by atoms with Crippen molar-refractivity contribution in [1.29, 1.82) is 0 Å². The number of carbonyl (C=O) groups is 1. The van der Waals surface area contributed by atoms with E-state index in [2.05, 4.69) is 26.1 Å². The molecule has 0 radical (unpaired) electrons. The smallest absolute Gasteiger partial charge is 0.233 e. The summed E-state index contributed by atoms with van der Waals surface area (Å²) in [5.41, 5.74) is 6.99. The molecule has 4 nitrogen and oxygen atoms in total. The molecule has 0 aliphatic carbocycles. The van der Waals surface area contributed by atoms with Crippen molar-refractivity contribution < 1.29 is 4.79 Å². The fourth-order valence-corrected chi connectivity index (χ4v) is 2.47. The number of halogens is 1. The van der Waals surface area contributed by atoms with Crippen LogP contribution in [0.15, 0.2) is 28.7 Å². The quantitative estimate of drug-likeness (QED) is 0.837. The molecule has 0 spiro atoms. The molecule has 0 saturated heterocycles. The van der Waals surface area contributed by atoms with Crippen LogP contribution in [0.4, 0.5) is 0 Å². The average Bonchev–Trinajstić information content (AvgIpc) is 2.40. The largest absolute Gasteiger partial charge is 0.358 e. The maximum absolute atomic E-state index is 11.5. The van der Waals surface area contributed by atoms with Crippen molar-refractivity contribution in [3.63, 3.8) is 0 Å². The zero-order valence-electron chi connectivity index (χ0n) is 10.8. The fraction of sp³-hybridized carbons (Fsp3) is 0.462. The summed E-state index contributed by atoms with van der Waals surface area (Å²) < 4.78 is 1.02. The molecule has 0 heterocycles. The molecule has 0 saturated carbocycles. The van der Waals surface area contributed by atoms with Gasteiger partial charge in [-0.25, -0.2) is 0 Å². The Morgan fingerprint density at radius 3 is 2.67 bits per heavy atom. The number of nitrogens with two attached hydrogens (primary N) is 1. The van der Waals surface area contributed by atoms with Crippen LogP contribution in [0.3, 0.4) is 0 Å². The summed E-state index contributed by atoms with van der Waals surface area (Å²) in [5, 5.41) is 2.64. The van der Waals surface area contributed by atoms with Crippen molar-refractivity contribution in [2.24, 2.45) is 5.73 Å². The minimum Gasteiger partial charge on any atom is -0.358 e. The summed E-state index contributed by atoms with van der Waals surface area (Å²) in [6.45, 7) is 3.64. The predicted octanol–water partition coefficient (Wildman–Crippen LogP) is 1.52. The number of benzene rings is 1. The van der Waals surface area contributed by atoms with Gasteiger partial charge in [-0.05, 0) is 18.2 Å². The normalized spacial score (nSPS) is 12.5. The van der Waals surface area contributed by atoms with E-state index in [-0.39, 0.29) is 11.9 Å². The fourth-order valence-electron chi connectivity index (χ4n) is 1.92. The van der Waals surface area contributed by atoms with Crippen LogP contribution in [0.25, 0.3) is 0 Å². The molecule has 0 fully saturated rings. The Hall–Kier alpha value is -0.910. The summed E-state index contributed by atoms with van der Waals surface area (Å²) >= 11 is 3.54. The van der Waals surface area contributed by atoms with E-state index in [1.807, 2.05) is 31.2 Å². The van der Waals surface area contributed by atoms with Crippen LogP contribution >= 0.6 is 15.9 Å². The standard InChI is InChI=1S/C13H20BrN3O/c1-3-17(9-13(18)16-2)12(8-15)10-6-4-5-7-11(10)14/h4-7,12H,3,8-9,15H2,1-2H3,(H,16,18). The van der Waals surface area contributed by atoms with Gasteiger partial charge in [-0.15, -0.1) is 0 Å². The third-order valence-corrected chi connectivity index (χ3v) is 3.68. The van der Waals surface area contributed by atoms with E-state index in [9.17, 15) is 4.79 Å². The number of hydrogen-bond donors (Lipinski definition) is 2. The van der Waals surface area contributed by atoms with E-state index in [4.69, 9.17) is 5.73 Å². The zero-order chi connectivity index (χ0) is 13.5. The summed E-state index contributed by atoms with van der Waals surface area (Å²) in [5.74, 6) is 0.00218. The van der Waals surface area contributed by atoms with Gasteiger partial charge in [0.25, 0.3) is 0 Å². The lowest BCUT2D eigenvalue weighted by molar-refractivity contribution is -0.122. The monoisotopic (exact) mass is 313 g/mol. The van der Waals surface area contributed by atoms with Gasteiger partial charge < -0.3 is 11.1 Å². The van der Waals surface area contributed by atoms with Crippen molar-refractivity contribution in [2.75, 3.05) is 26.7 Å². The number of amides is 1. The molecule has 1 aromatic carbocycles. The second-order valence-corrected chi connectivity index (χ2v) is 4.86. The third-order valence-electron chi connectivity index (χ3n) is 2.96. The number of likely N-dealkylation sites (N-methyl/N-ethyl adjacent to an activating group) is 2. The Bertz CT molecular complexity index is 398. The van der Waals surface area contributed by atoms with Gasteiger partial charge in [-0.2, -0.15) is 0 Å². The van der Waals surface area contributed by atoms with Gasteiger partial charge in [0.2, 0.25) is 5.91 Å². The van der Waals surface area contributed by atoms with Crippen molar-refractivity contribution >= 4 is 21.8 Å². The first-order valence-corrected chi connectivity index (χ1v) is 6.82. The number of nitrogens with zero attached hydrogens (tertiary/aromatic N) is 1. The second kappa shape index (κ2) is 7.51. The molecule has 1 amide bonds. The number of carbonyl (C=O) groups excluding carboxylic acids is 1. The van der Waals surface area contributed by atoms with Crippen LogP contribution in [0.1, 0.15) is 18.5 Å². The van der Waals surface area contributed by atoms with Crippen LogP contribution in [0.5, 0.6) is 0 Å². The molecule has 1 atom stereocenters. The molecule has 0 aromatic heterocycles. The van der Waals surface area contributed by atoms with Crippen LogP contribution in [-0.4, -0.2) is 37.5 Å². The van der Waals surface area contributed by atoms with E-state index >= 15 is 0 Å². The Morgan fingerprint density at radius 2 is 2.17 bits per heavy atom. The molecule has 0 aliphatic heterocycles. The summed E-state index contributed by atoms with van der Waals surface area (Å²) in [7, 11) is 1.64. The van der Waals surface area contributed by atoms with Crippen molar-refractivity contribution in [1.82, 2.24) is 10.2 Å². The van der Waals surface area contributed by atoms with E-state index in [0.717, 1.165) is 16.6 Å². The van der Waals surface area contributed by atoms with Crippen molar-refractivity contribution in [3.05, 3.63) is 34.3 Å². The highest BCUT2D eigenvalue weighted by Crippen LogP contribution is 2.26. The lowest BCUT2D eigenvalue weighted by Crippen LogP contribution is -2.40. The molecule has 1 aromatic rings. The maximum atomic E-state index is 11.5. The molecule has 100 valence electrons. The molecule has 0 aliphatic rings. The first kappa shape index (κ1) is 15.1. The second-order valence-electron chi connectivity index (χ2n) is 4.01. The SMILES string of the molecule is CCN(CC(=O)NC)C(CN)c1ccccc1Br. The molecule has 18 heavy (non-hydrogen) atoms. The first-order valence-electron chi connectivity index (χ1n) is 6.03. The minimum absolute atomic E-state index is 0.00218. The van der Waals surface area contributed by atoms with Crippen LogP contribution in [0, 0.1) is 0 Å². The molecule has 3 N–H and O–H groups in total. The van der Waals surface area contributed by atoms with Gasteiger partial charge in [0.1, 0.15) is 0 Å². The Kier molecular flexibility index (Phi) is 6.32. The first-order chi connectivity index (χ1) is 8.63. The maximum Gasteiger partial charge on any atom is 0.233 e. The Morgan fingerprint density at radius 1 is 1.50 bits per heavy atom. The van der Waals surface area contributed by atoms with Gasteiger partial charge >= 0.3 is 0 Å². The third kappa shape index (κ3) is 3.80. The predicted molar refractivity (Wildman–Crippen MR) is 77.3 cm³/mol. The van der Waals surface area contributed by atoms with Gasteiger partial charge in [-0.1, -0.05) is 41.1 Å². The molecular formula is C13H20BrN3O. The van der Waals surface area contributed by atoms with Gasteiger partial charge in [0, 0.05) is 24.1 Å². The van der Waals surface area contributed by atoms with Gasteiger partial charge in [-0.3, -0.25) is 9.69 Å². The van der Waals surface area contributed by atoms with Gasteiger partial charge in [0.05, 0.1) is 6.54 Å².